The first kappa shape index (κ1) is 33.9. The number of nitrogens with zero attached hydrogens (tertiary/aromatic N) is 2. The lowest BCUT2D eigenvalue weighted by molar-refractivity contribution is -0.140. The van der Waals surface area contributed by atoms with Gasteiger partial charge in [0.25, 0.3) is 0 Å². The Morgan fingerprint density at radius 2 is 1.60 bits per heavy atom. The molecule has 3 aromatic carbocycles. The molecule has 0 bridgehead atoms. The summed E-state index contributed by atoms with van der Waals surface area (Å²) in [7, 11) is -4.30. The van der Waals surface area contributed by atoms with Gasteiger partial charge in [0.2, 0.25) is 21.8 Å². The van der Waals surface area contributed by atoms with E-state index in [2.05, 4.69) is 5.32 Å². The maximum absolute atomic E-state index is 14.0. The summed E-state index contributed by atoms with van der Waals surface area (Å²) in [5, 5.41) is 2.22. The van der Waals surface area contributed by atoms with Crippen LogP contribution in [0.15, 0.2) is 72.8 Å². The van der Waals surface area contributed by atoms with Gasteiger partial charge in [-0.05, 0) is 54.8 Å². The van der Waals surface area contributed by atoms with Crippen molar-refractivity contribution in [3.63, 3.8) is 0 Å². The highest BCUT2D eigenvalue weighted by Gasteiger charge is 2.36. The van der Waals surface area contributed by atoms with Gasteiger partial charge in [-0.1, -0.05) is 61.0 Å². The molecule has 0 fully saturated rings. The lowest BCUT2D eigenvalue weighted by atomic mass is 10.0. The van der Waals surface area contributed by atoms with Gasteiger partial charge in [-0.2, -0.15) is 13.2 Å². The van der Waals surface area contributed by atoms with Crippen molar-refractivity contribution >= 4 is 39.1 Å². The third-order valence-electron chi connectivity index (χ3n) is 6.76. The van der Waals surface area contributed by atoms with Crippen LogP contribution in [0, 0.1) is 5.82 Å². The zero-order valence-electron chi connectivity index (χ0n) is 23.7. The molecule has 13 heteroatoms. The molecule has 1 N–H and O–H groups in total. The minimum Gasteiger partial charge on any atom is -0.352 e. The Morgan fingerprint density at radius 3 is 2.16 bits per heavy atom. The van der Waals surface area contributed by atoms with Gasteiger partial charge in [-0.3, -0.25) is 13.9 Å². The number of hydrogen-bond donors (Lipinski definition) is 1. The molecule has 0 heterocycles. The van der Waals surface area contributed by atoms with E-state index in [4.69, 9.17) is 11.6 Å². The van der Waals surface area contributed by atoms with Gasteiger partial charge in [0, 0.05) is 19.0 Å². The predicted molar refractivity (Wildman–Crippen MR) is 157 cm³/mol. The number of benzene rings is 3. The number of amides is 2. The second kappa shape index (κ2) is 14.2. The van der Waals surface area contributed by atoms with Crippen LogP contribution < -0.4 is 9.62 Å². The van der Waals surface area contributed by atoms with Gasteiger partial charge in [-0.25, -0.2) is 12.8 Å². The maximum atomic E-state index is 14.0. The number of carbonyl (C=O) groups excluding carboxylic acids is 2. The molecule has 0 aromatic heterocycles. The average Bonchev–Trinajstić information content (AvgIpc) is 2.94. The van der Waals surface area contributed by atoms with Crippen LogP contribution in [-0.2, 0) is 38.8 Å². The van der Waals surface area contributed by atoms with Crippen LogP contribution in [-0.4, -0.2) is 50.0 Å². The maximum Gasteiger partial charge on any atom is 0.417 e. The van der Waals surface area contributed by atoms with Crippen molar-refractivity contribution in [3.05, 3.63) is 100 Å². The second-order valence-electron chi connectivity index (χ2n) is 10.1. The minimum atomic E-state index is -4.89. The fraction of sp³-hybridized carbons (Fsp3) is 0.333. The third kappa shape index (κ3) is 9.42. The summed E-state index contributed by atoms with van der Waals surface area (Å²) in [5.41, 5.74) is -0.555. The molecule has 0 spiro atoms. The average molecular weight is 642 g/mol. The molecule has 0 aliphatic carbocycles. The Labute approximate surface area is 253 Å². The molecule has 0 saturated carbocycles. The standard InChI is InChI=1S/C30H32ClF4N3O4S/c1-4-20(2)36-29(40)27(16-21-8-6-5-7-9-21)37(18-22-10-12-23(32)13-11-22)28(39)19-38(43(3,41)42)24-14-15-26(31)25(17-24)30(33,34)35/h5-15,17,20,27H,4,16,18-19H2,1-3H3,(H,36,40)/t20-,27+/m0/s1. The summed E-state index contributed by atoms with van der Waals surface area (Å²) in [6.07, 6.45) is -3.49. The Morgan fingerprint density at radius 1 is 0.977 bits per heavy atom. The lowest BCUT2D eigenvalue weighted by Crippen LogP contribution is -2.54. The molecule has 7 nitrogen and oxygen atoms in total. The van der Waals surface area contributed by atoms with Crippen molar-refractivity contribution < 1.29 is 35.6 Å². The first-order valence-electron chi connectivity index (χ1n) is 13.3. The van der Waals surface area contributed by atoms with Gasteiger partial charge < -0.3 is 10.2 Å². The van der Waals surface area contributed by atoms with Gasteiger partial charge in [0.15, 0.2) is 0 Å². The molecule has 3 aromatic rings. The topological polar surface area (TPSA) is 86.8 Å². The molecule has 2 amide bonds. The number of alkyl halides is 3. The summed E-state index contributed by atoms with van der Waals surface area (Å²) in [5.74, 6) is -1.90. The number of rotatable bonds is 12. The van der Waals surface area contributed by atoms with E-state index in [1.54, 1.807) is 37.3 Å². The lowest BCUT2D eigenvalue weighted by Gasteiger charge is -2.34. The van der Waals surface area contributed by atoms with Crippen LogP contribution in [0.4, 0.5) is 23.2 Å². The normalized spacial score (nSPS) is 13.2. The number of carbonyl (C=O) groups is 2. The van der Waals surface area contributed by atoms with E-state index in [0.717, 1.165) is 23.3 Å². The first-order chi connectivity index (χ1) is 20.1. The van der Waals surface area contributed by atoms with Gasteiger partial charge in [0.1, 0.15) is 18.4 Å². The zero-order chi connectivity index (χ0) is 31.9. The SMILES string of the molecule is CC[C@H](C)NC(=O)[C@@H](Cc1ccccc1)N(Cc1ccc(F)cc1)C(=O)CN(c1ccc(Cl)c(C(F)(F)F)c1)S(C)(=O)=O. The molecule has 43 heavy (non-hydrogen) atoms. The smallest absolute Gasteiger partial charge is 0.352 e. The molecule has 0 aliphatic rings. The summed E-state index contributed by atoms with van der Waals surface area (Å²) in [6, 6.07) is 15.1. The van der Waals surface area contributed by atoms with Gasteiger partial charge in [0.05, 0.1) is 22.5 Å². The van der Waals surface area contributed by atoms with Crippen LogP contribution in [0.1, 0.15) is 37.0 Å². The summed E-state index contributed by atoms with van der Waals surface area (Å²) in [4.78, 5) is 28.8. The van der Waals surface area contributed by atoms with Crippen molar-refractivity contribution in [2.24, 2.45) is 0 Å². The van der Waals surface area contributed by atoms with Crippen LogP contribution in [0.2, 0.25) is 5.02 Å². The van der Waals surface area contributed by atoms with E-state index in [-0.39, 0.29) is 19.0 Å². The Balaban J connectivity index is 2.10. The highest BCUT2D eigenvalue weighted by Crippen LogP contribution is 2.37. The van der Waals surface area contributed by atoms with Crippen LogP contribution in [0.5, 0.6) is 0 Å². The number of anilines is 1. The van der Waals surface area contributed by atoms with Crippen molar-refractivity contribution in [2.75, 3.05) is 17.1 Å². The van der Waals surface area contributed by atoms with E-state index < -0.39 is 62.7 Å². The third-order valence-corrected chi connectivity index (χ3v) is 8.23. The van der Waals surface area contributed by atoms with Gasteiger partial charge in [-0.15, -0.1) is 0 Å². The van der Waals surface area contributed by atoms with Crippen molar-refractivity contribution in [2.45, 2.75) is 51.5 Å². The monoisotopic (exact) mass is 641 g/mol. The molecular formula is C30H32ClF4N3O4S. The van der Waals surface area contributed by atoms with E-state index in [9.17, 15) is 35.6 Å². The first-order valence-corrected chi connectivity index (χ1v) is 15.6. The summed E-state index contributed by atoms with van der Waals surface area (Å²) < 4.78 is 80.6. The largest absolute Gasteiger partial charge is 0.417 e. The van der Waals surface area contributed by atoms with E-state index in [1.807, 2.05) is 6.92 Å². The fourth-order valence-corrected chi connectivity index (χ4v) is 5.35. The fourth-order valence-electron chi connectivity index (χ4n) is 4.28. The van der Waals surface area contributed by atoms with Crippen molar-refractivity contribution in [3.8, 4) is 0 Å². The quantitative estimate of drug-likeness (QED) is 0.253. The minimum absolute atomic E-state index is 0.0497. The number of nitrogens with one attached hydrogen (secondary N) is 1. The number of sulfonamides is 1. The zero-order valence-corrected chi connectivity index (χ0v) is 25.3. The van der Waals surface area contributed by atoms with E-state index in [1.165, 1.54) is 24.3 Å². The molecule has 3 rings (SSSR count). The molecule has 0 saturated heterocycles. The van der Waals surface area contributed by atoms with Crippen LogP contribution in [0.25, 0.3) is 0 Å². The molecular weight excluding hydrogens is 610 g/mol. The molecule has 0 aliphatic heterocycles. The Hall–Kier alpha value is -3.64. The molecule has 2 atom stereocenters. The number of halogens is 5. The van der Waals surface area contributed by atoms with Crippen molar-refractivity contribution in [1.82, 2.24) is 10.2 Å². The number of hydrogen-bond acceptors (Lipinski definition) is 4. The van der Waals surface area contributed by atoms with Gasteiger partial charge >= 0.3 is 6.18 Å². The highest BCUT2D eigenvalue weighted by molar-refractivity contribution is 7.92. The summed E-state index contributed by atoms with van der Waals surface area (Å²) >= 11 is 5.73. The van der Waals surface area contributed by atoms with Crippen LogP contribution in [0.3, 0.4) is 0 Å². The molecule has 0 unspecified atom stereocenters. The highest BCUT2D eigenvalue weighted by atomic mass is 35.5. The second-order valence-corrected chi connectivity index (χ2v) is 12.4. The van der Waals surface area contributed by atoms with E-state index in [0.29, 0.717) is 27.9 Å². The van der Waals surface area contributed by atoms with Crippen LogP contribution >= 0.6 is 11.6 Å². The molecule has 0 radical (unpaired) electrons. The van der Waals surface area contributed by atoms with E-state index >= 15 is 0 Å². The Bertz CT molecular complexity index is 1520. The summed E-state index contributed by atoms with van der Waals surface area (Å²) in [6.45, 7) is 2.52. The van der Waals surface area contributed by atoms with Crippen molar-refractivity contribution in [1.29, 1.82) is 0 Å². The predicted octanol–water partition coefficient (Wildman–Crippen LogP) is 5.82. The molecule has 232 valence electrons. The Kier molecular flexibility index (Phi) is 11.2.